The first-order valence-electron chi connectivity index (χ1n) is 7.73. The SMILES string of the molecule is COc1cc(OC)c(N2C[C@]34C=C[C@@H](O3)[C@H](C(=O)[O-])[C@@H]4C2=O)cc1Cl. The number of fused-ring (bicyclic) bond motifs is 1. The maximum Gasteiger partial charge on any atom is 0.234 e. The molecule has 1 spiro atoms. The zero-order valence-corrected chi connectivity index (χ0v) is 14.3. The number of benzene rings is 1. The van der Waals surface area contributed by atoms with Crippen LogP contribution in [0.15, 0.2) is 24.3 Å². The molecule has 0 N–H and O–H groups in total. The maximum absolute atomic E-state index is 13.0. The van der Waals surface area contributed by atoms with Crippen LogP contribution in [0.5, 0.6) is 11.5 Å². The van der Waals surface area contributed by atoms with Gasteiger partial charge in [-0.15, -0.1) is 0 Å². The normalized spacial score (nSPS) is 32.2. The second-order valence-electron chi connectivity index (χ2n) is 6.30. The van der Waals surface area contributed by atoms with Gasteiger partial charge in [-0.25, -0.2) is 0 Å². The summed E-state index contributed by atoms with van der Waals surface area (Å²) in [5.41, 5.74) is -0.510. The van der Waals surface area contributed by atoms with Crippen molar-refractivity contribution in [1.29, 1.82) is 0 Å². The number of hydrogen-bond donors (Lipinski definition) is 0. The van der Waals surface area contributed by atoms with Gasteiger partial charge < -0.3 is 29.0 Å². The lowest BCUT2D eigenvalue weighted by atomic mass is 9.77. The second-order valence-corrected chi connectivity index (χ2v) is 6.71. The number of carboxylic acids is 1. The summed E-state index contributed by atoms with van der Waals surface area (Å²) in [7, 11) is 2.95. The van der Waals surface area contributed by atoms with Gasteiger partial charge in [0.05, 0.1) is 43.5 Å². The number of aliphatic carboxylic acids is 1. The fraction of sp³-hybridized carbons (Fsp3) is 0.412. The first-order chi connectivity index (χ1) is 11.9. The van der Waals surface area contributed by atoms with Crippen molar-refractivity contribution >= 4 is 29.2 Å². The molecule has 7 nitrogen and oxygen atoms in total. The minimum atomic E-state index is -1.28. The molecule has 1 aromatic carbocycles. The van der Waals surface area contributed by atoms with Crippen LogP contribution in [0.25, 0.3) is 0 Å². The van der Waals surface area contributed by atoms with Gasteiger partial charge in [0.2, 0.25) is 5.91 Å². The Morgan fingerprint density at radius 3 is 2.72 bits per heavy atom. The van der Waals surface area contributed by atoms with Crippen molar-refractivity contribution in [2.75, 3.05) is 25.7 Å². The van der Waals surface area contributed by atoms with Crippen molar-refractivity contribution in [1.82, 2.24) is 0 Å². The van der Waals surface area contributed by atoms with E-state index in [4.69, 9.17) is 25.8 Å². The summed E-state index contributed by atoms with van der Waals surface area (Å²) in [5.74, 6) is -2.64. The van der Waals surface area contributed by atoms with Crippen molar-refractivity contribution < 1.29 is 28.9 Å². The molecule has 2 fully saturated rings. The highest BCUT2D eigenvalue weighted by molar-refractivity contribution is 6.32. The topological polar surface area (TPSA) is 88.1 Å². The summed E-state index contributed by atoms with van der Waals surface area (Å²) < 4.78 is 16.4. The van der Waals surface area contributed by atoms with Gasteiger partial charge in [0.15, 0.2) is 0 Å². The lowest BCUT2D eigenvalue weighted by Gasteiger charge is -2.25. The monoisotopic (exact) mass is 364 g/mol. The summed E-state index contributed by atoms with van der Waals surface area (Å²) in [5, 5.41) is 11.8. The molecule has 4 atom stereocenters. The molecule has 0 unspecified atom stereocenters. The van der Waals surface area contributed by atoms with Crippen LogP contribution in [0.2, 0.25) is 5.02 Å². The Hall–Kier alpha value is -2.25. The third-order valence-electron chi connectivity index (χ3n) is 5.12. The Bertz CT molecular complexity index is 809. The van der Waals surface area contributed by atoms with Crippen molar-refractivity contribution in [3.05, 3.63) is 29.3 Å². The predicted octanol–water partition coefficient (Wildman–Crippen LogP) is 0.394. The fourth-order valence-corrected chi connectivity index (χ4v) is 4.26. The third kappa shape index (κ3) is 2.09. The van der Waals surface area contributed by atoms with E-state index >= 15 is 0 Å². The summed E-state index contributed by atoms with van der Waals surface area (Å²) in [6, 6.07) is 3.15. The van der Waals surface area contributed by atoms with Crippen LogP contribution in [0.3, 0.4) is 0 Å². The van der Waals surface area contributed by atoms with E-state index in [1.807, 2.05) is 0 Å². The molecule has 0 aliphatic carbocycles. The van der Waals surface area contributed by atoms with Crippen molar-refractivity contribution in [2.24, 2.45) is 11.8 Å². The largest absolute Gasteiger partial charge is 0.550 e. The Kier molecular flexibility index (Phi) is 3.49. The highest BCUT2D eigenvalue weighted by Crippen LogP contribution is 2.53. The number of carboxylic acid groups (broad SMARTS) is 1. The van der Waals surface area contributed by atoms with E-state index in [-0.39, 0.29) is 12.5 Å². The highest BCUT2D eigenvalue weighted by Gasteiger charge is 2.65. The van der Waals surface area contributed by atoms with E-state index in [1.165, 1.54) is 19.1 Å². The molecule has 1 amide bonds. The first-order valence-corrected chi connectivity index (χ1v) is 8.10. The van der Waals surface area contributed by atoms with Crippen molar-refractivity contribution in [3.63, 3.8) is 0 Å². The molecule has 132 valence electrons. The van der Waals surface area contributed by atoms with Gasteiger partial charge in [0, 0.05) is 18.0 Å². The number of carbonyl (C=O) groups excluding carboxylic acids is 2. The number of amides is 1. The first kappa shape index (κ1) is 16.2. The molecule has 25 heavy (non-hydrogen) atoms. The molecule has 0 aromatic heterocycles. The summed E-state index contributed by atoms with van der Waals surface area (Å²) in [6.07, 6.45) is 2.84. The molecule has 3 aliphatic rings. The average molecular weight is 365 g/mol. The van der Waals surface area contributed by atoms with Crippen LogP contribution in [-0.2, 0) is 14.3 Å². The number of carbonyl (C=O) groups is 2. The molecule has 0 saturated carbocycles. The van der Waals surface area contributed by atoms with E-state index in [0.717, 1.165) is 0 Å². The second kappa shape index (κ2) is 5.37. The fourth-order valence-electron chi connectivity index (χ4n) is 4.03. The van der Waals surface area contributed by atoms with E-state index in [1.54, 1.807) is 24.3 Å². The van der Waals surface area contributed by atoms with Crippen LogP contribution in [-0.4, -0.2) is 44.3 Å². The molecule has 8 heteroatoms. The number of rotatable bonds is 4. The van der Waals surface area contributed by atoms with Crippen LogP contribution < -0.4 is 19.5 Å². The molecular weight excluding hydrogens is 350 g/mol. The van der Waals surface area contributed by atoms with Gasteiger partial charge in [-0.1, -0.05) is 23.8 Å². The Labute approximate surface area is 148 Å². The van der Waals surface area contributed by atoms with Gasteiger partial charge in [0.1, 0.15) is 17.1 Å². The zero-order chi connectivity index (χ0) is 17.9. The number of hydrogen-bond acceptors (Lipinski definition) is 6. The van der Waals surface area contributed by atoms with Crippen LogP contribution in [0.1, 0.15) is 0 Å². The minimum Gasteiger partial charge on any atom is -0.550 e. The summed E-state index contributed by atoms with van der Waals surface area (Å²) >= 11 is 6.19. The average Bonchev–Trinajstić information content (AvgIpc) is 3.22. The summed E-state index contributed by atoms with van der Waals surface area (Å²) in [6.45, 7) is 0.187. The molecule has 0 radical (unpaired) electrons. The number of ether oxygens (including phenoxy) is 3. The lowest BCUT2D eigenvalue weighted by Crippen LogP contribution is -2.45. The third-order valence-corrected chi connectivity index (χ3v) is 5.41. The quantitative estimate of drug-likeness (QED) is 0.718. The Morgan fingerprint density at radius 1 is 1.36 bits per heavy atom. The van der Waals surface area contributed by atoms with E-state index in [9.17, 15) is 14.7 Å². The van der Waals surface area contributed by atoms with Crippen molar-refractivity contribution in [2.45, 2.75) is 11.7 Å². The van der Waals surface area contributed by atoms with Gasteiger partial charge in [0.25, 0.3) is 0 Å². The molecule has 2 bridgehead atoms. The Morgan fingerprint density at radius 2 is 2.08 bits per heavy atom. The predicted molar refractivity (Wildman–Crippen MR) is 85.6 cm³/mol. The number of methoxy groups -OCH3 is 2. The number of halogens is 1. The standard InChI is InChI=1S/C17H16ClNO6/c1-23-11-6-12(24-2)9(5-8(11)18)19-7-17-4-3-10(25-17)13(16(21)22)14(17)15(19)20/h3-6,10,13-14H,7H2,1-2H3,(H,21,22)/p-1/t10-,13+,14-,17+/m1/s1. The smallest absolute Gasteiger partial charge is 0.234 e. The summed E-state index contributed by atoms with van der Waals surface area (Å²) in [4.78, 5) is 26.0. The molecule has 1 aromatic rings. The van der Waals surface area contributed by atoms with Gasteiger partial charge >= 0.3 is 0 Å². The Balaban J connectivity index is 1.77. The molecule has 3 heterocycles. The number of nitrogens with zero attached hydrogens (tertiary/aromatic N) is 1. The van der Waals surface area contributed by atoms with Gasteiger partial charge in [-0.05, 0) is 6.07 Å². The van der Waals surface area contributed by atoms with E-state index in [0.29, 0.717) is 22.2 Å². The zero-order valence-electron chi connectivity index (χ0n) is 13.5. The van der Waals surface area contributed by atoms with Crippen molar-refractivity contribution in [3.8, 4) is 11.5 Å². The molecule has 4 rings (SSSR count). The van der Waals surface area contributed by atoms with Crippen LogP contribution in [0.4, 0.5) is 5.69 Å². The van der Waals surface area contributed by atoms with E-state index < -0.39 is 29.5 Å². The number of anilines is 1. The molecular formula is C17H15ClNO6-. The lowest BCUT2D eigenvalue weighted by molar-refractivity contribution is -0.313. The maximum atomic E-state index is 13.0. The van der Waals surface area contributed by atoms with E-state index in [2.05, 4.69) is 0 Å². The highest BCUT2D eigenvalue weighted by atomic mass is 35.5. The molecule has 3 aliphatic heterocycles. The van der Waals surface area contributed by atoms with Gasteiger partial charge in [-0.2, -0.15) is 0 Å². The van der Waals surface area contributed by atoms with Gasteiger partial charge in [-0.3, -0.25) is 4.79 Å². The molecule has 2 saturated heterocycles. The van der Waals surface area contributed by atoms with Crippen LogP contribution >= 0.6 is 11.6 Å². The minimum absolute atomic E-state index is 0.187. The van der Waals surface area contributed by atoms with Crippen LogP contribution in [0, 0.1) is 11.8 Å².